The summed E-state index contributed by atoms with van der Waals surface area (Å²) in [4.78, 5) is 21.8. The summed E-state index contributed by atoms with van der Waals surface area (Å²) in [6.07, 6.45) is 5.66. The highest BCUT2D eigenvalue weighted by Crippen LogP contribution is 2.17. The number of hydrazone groups is 1. The van der Waals surface area contributed by atoms with Crippen molar-refractivity contribution in [3.8, 4) is 0 Å². The van der Waals surface area contributed by atoms with Crippen LogP contribution in [0.1, 0.15) is 34.7 Å². The van der Waals surface area contributed by atoms with Gasteiger partial charge in [0.25, 0.3) is 5.91 Å². The van der Waals surface area contributed by atoms with Crippen molar-refractivity contribution in [2.75, 3.05) is 18.8 Å². The minimum Gasteiger partial charge on any atom is -0.467 e. The fourth-order valence-corrected chi connectivity index (χ4v) is 3.64. The number of carbonyl (C=O) groups is 1. The molecule has 4 heterocycles. The number of thioether (sulfide) groups is 1. The number of H-pyrrole nitrogens is 1. The number of nitrogens with zero attached hydrogens (tertiary/aromatic N) is 3. The molecule has 0 unspecified atom stereocenters. The Morgan fingerprint density at radius 1 is 1.40 bits per heavy atom. The van der Waals surface area contributed by atoms with Gasteiger partial charge in [0, 0.05) is 30.6 Å². The maximum Gasteiger partial charge on any atom is 0.270 e. The lowest BCUT2D eigenvalue weighted by atomic mass is 10.2. The molecule has 25 heavy (non-hydrogen) atoms. The van der Waals surface area contributed by atoms with Gasteiger partial charge in [0.05, 0.1) is 18.5 Å². The largest absolute Gasteiger partial charge is 0.467 e. The highest BCUT2D eigenvalue weighted by Gasteiger charge is 2.22. The molecule has 1 amide bonds. The standard InChI is InChI=1S/C17H19N5O2S/c23-16(22-5-1-2-6-22)14-8-12(9-18-14)15-11-25-17(21-20-15)19-10-13-4-3-7-24-13/h3-4,7-9,18H,1-2,5-6,10-11H2,(H,19,21). The average molecular weight is 357 g/mol. The van der Waals surface area contributed by atoms with Crippen LogP contribution in [0, 0.1) is 0 Å². The Morgan fingerprint density at radius 2 is 2.28 bits per heavy atom. The molecule has 1 fully saturated rings. The van der Waals surface area contributed by atoms with Crippen molar-refractivity contribution in [1.29, 1.82) is 0 Å². The number of aliphatic imine (C=N–C) groups is 1. The van der Waals surface area contributed by atoms with Gasteiger partial charge in [0.15, 0.2) is 5.17 Å². The van der Waals surface area contributed by atoms with Crippen LogP contribution in [-0.4, -0.2) is 45.5 Å². The van der Waals surface area contributed by atoms with Crippen molar-refractivity contribution in [1.82, 2.24) is 15.3 Å². The molecule has 1 saturated heterocycles. The van der Waals surface area contributed by atoms with Crippen molar-refractivity contribution in [2.45, 2.75) is 19.4 Å². The molecule has 2 aromatic heterocycles. The highest BCUT2D eigenvalue weighted by molar-refractivity contribution is 8.14. The summed E-state index contributed by atoms with van der Waals surface area (Å²) in [6.45, 7) is 2.19. The second-order valence-electron chi connectivity index (χ2n) is 5.96. The zero-order valence-corrected chi connectivity index (χ0v) is 14.5. The molecule has 2 aliphatic rings. The summed E-state index contributed by atoms with van der Waals surface area (Å²) in [5.41, 5.74) is 5.44. The van der Waals surface area contributed by atoms with E-state index < -0.39 is 0 Å². The van der Waals surface area contributed by atoms with Gasteiger partial charge < -0.3 is 14.3 Å². The molecule has 0 radical (unpaired) electrons. The minimum atomic E-state index is 0.0708. The van der Waals surface area contributed by atoms with Gasteiger partial charge in [-0.2, -0.15) is 5.10 Å². The summed E-state index contributed by atoms with van der Waals surface area (Å²) >= 11 is 1.59. The van der Waals surface area contributed by atoms with E-state index in [0.29, 0.717) is 18.0 Å². The molecule has 2 aromatic rings. The van der Waals surface area contributed by atoms with Crippen LogP contribution in [0.3, 0.4) is 0 Å². The van der Waals surface area contributed by atoms with E-state index in [-0.39, 0.29) is 5.91 Å². The number of likely N-dealkylation sites (tertiary alicyclic amines) is 1. The van der Waals surface area contributed by atoms with Crippen molar-refractivity contribution >= 4 is 28.5 Å². The normalized spacial score (nSPS) is 19.1. The summed E-state index contributed by atoms with van der Waals surface area (Å²) in [5, 5.41) is 5.16. The second-order valence-corrected chi connectivity index (χ2v) is 6.93. The lowest BCUT2D eigenvalue weighted by Gasteiger charge is -2.14. The SMILES string of the molecule is O=C(c1cc(C2=NNC(=NCc3ccco3)SC2)c[nH]1)N1CCCC1. The fourth-order valence-electron chi connectivity index (χ4n) is 2.87. The second kappa shape index (κ2) is 7.18. The summed E-state index contributed by atoms with van der Waals surface area (Å²) in [6, 6.07) is 5.62. The van der Waals surface area contributed by atoms with E-state index in [2.05, 4.69) is 20.5 Å². The summed E-state index contributed by atoms with van der Waals surface area (Å²) < 4.78 is 5.26. The first kappa shape index (κ1) is 16.0. The number of aromatic amines is 1. The van der Waals surface area contributed by atoms with Crippen LogP contribution in [0.4, 0.5) is 0 Å². The van der Waals surface area contributed by atoms with Crippen LogP contribution in [-0.2, 0) is 6.54 Å². The molecular formula is C17H19N5O2S. The molecule has 0 saturated carbocycles. The van der Waals surface area contributed by atoms with Gasteiger partial charge in [0.2, 0.25) is 0 Å². The Hall–Kier alpha value is -2.48. The number of amides is 1. The third-order valence-electron chi connectivity index (χ3n) is 4.23. The molecule has 130 valence electrons. The molecule has 2 aliphatic heterocycles. The predicted octanol–water partition coefficient (Wildman–Crippen LogP) is 2.44. The molecule has 0 atom stereocenters. The molecule has 4 rings (SSSR count). The molecule has 8 heteroatoms. The van der Waals surface area contributed by atoms with Gasteiger partial charge in [-0.3, -0.25) is 15.2 Å². The first-order valence-corrected chi connectivity index (χ1v) is 9.28. The molecule has 0 aliphatic carbocycles. The van der Waals surface area contributed by atoms with Crippen LogP contribution in [0.25, 0.3) is 0 Å². The van der Waals surface area contributed by atoms with Crippen molar-refractivity contribution in [3.63, 3.8) is 0 Å². The van der Waals surface area contributed by atoms with E-state index in [9.17, 15) is 4.79 Å². The topological polar surface area (TPSA) is 86.0 Å². The van der Waals surface area contributed by atoms with Gasteiger partial charge in [-0.15, -0.1) is 0 Å². The number of aromatic nitrogens is 1. The van der Waals surface area contributed by atoms with E-state index in [4.69, 9.17) is 4.42 Å². The number of hydrogen-bond acceptors (Lipinski definition) is 5. The monoisotopic (exact) mass is 357 g/mol. The zero-order chi connectivity index (χ0) is 17.1. The van der Waals surface area contributed by atoms with E-state index >= 15 is 0 Å². The lowest BCUT2D eigenvalue weighted by Crippen LogP contribution is -2.28. The fraction of sp³-hybridized carbons (Fsp3) is 0.353. The smallest absolute Gasteiger partial charge is 0.270 e. The van der Waals surface area contributed by atoms with E-state index in [1.807, 2.05) is 29.3 Å². The zero-order valence-electron chi connectivity index (χ0n) is 13.7. The number of hydrogen-bond donors (Lipinski definition) is 2. The quantitative estimate of drug-likeness (QED) is 0.880. The molecule has 0 spiro atoms. The van der Waals surface area contributed by atoms with Gasteiger partial charge in [-0.25, -0.2) is 0 Å². The molecule has 0 bridgehead atoms. The van der Waals surface area contributed by atoms with E-state index in [0.717, 1.165) is 48.1 Å². The first-order chi connectivity index (χ1) is 12.3. The number of carbonyl (C=O) groups excluding carboxylic acids is 1. The Kier molecular flexibility index (Phi) is 4.60. The van der Waals surface area contributed by atoms with Crippen LogP contribution >= 0.6 is 11.8 Å². The van der Waals surface area contributed by atoms with Gasteiger partial charge >= 0.3 is 0 Å². The first-order valence-electron chi connectivity index (χ1n) is 8.30. The Labute approximate surface area is 149 Å². The maximum atomic E-state index is 12.4. The number of furan rings is 1. The number of amidine groups is 1. The number of nitrogens with one attached hydrogen (secondary N) is 2. The average Bonchev–Trinajstić information content (AvgIpc) is 3.42. The van der Waals surface area contributed by atoms with E-state index in [1.165, 1.54) is 0 Å². The third-order valence-corrected chi connectivity index (χ3v) is 5.14. The Bertz CT molecular complexity index is 803. The minimum absolute atomic E-state index is 0.0708. The third kappa shape index (κ3) is 3.63. The van der Waals surface area contributed by atoms with Crippen molar-refractivity contribution in [2.24, 2.45) is 10.1 Å². The highest BCUT2D eigenvalue weighted by atomic mass is 32.2. The number of rotatable bonds is 4. The van der Waals surface area contributed by atoms with Gasteiger partial charge in [-0.05, 0) is 31.0 Å². The Morgan fingerprint density at radius 3 is 3.00 bits per heavy atom. The van der Waals surface area contributed by atoms with Crippen molar-refractivity contribution < 1.29 is 9.21 Å². The van der Waals surface area contributed by atoms with Crippen molar-refractivity contribution in [3.05, 3.63) is 47.7 Å². The molecular weight excluding hydrogens is 338 g/mol. The lowest BCUT2D eigenvalue weighted by molar-refractivity contribution is 0.0787. The van der Waals surface area contributed by atoms with Crippen LogP contribution in [0.5, 0.6) is 0 Å². The van der Waals surface area contributed by atoms with E-state index in [1.54, 1.807) is 18.0 Å². The molecule has 7 nitrogen and oxygen atoms in total. The van der Waals surface area contributed by atoms with Crippen LogP contribution in [0.15, 0.2) is 45.2 Å². The summed E-state index contributed by atoms with van der Waals surface area (Å²) in [5.74, 6) is 1.60. The summed E-state index contributed by atoms with van der Waals surface area (Å²) in [7, 11) is 0. The van der Waals surface area contributed by atoms with Gasteiger partial charge in [-0.1, -0.05) is 11.8 Å². The van der Waals surface area contributed by atoms with Gasteiger partial charge in [0.1, 0.15) is 11.5 Å². The maximum absolute atomic E-state index is 12.4. The molecule has 0 aromatic carbocycles. The Balaban J connectivity index is 1.39. The predicted molar refractivity (Wildman–Crippen MR) is 97.9 cm³/mol. The van der Waals surface area contributed by atoms with Crippen LogP contribution in [0.2, 0.25) is 0 Å². The van der Waals surface area contributed by atoms with Crippen LogP contribution < -0.4 is 5.43 Å². The molecule has 2 N–H and O–H groups in total.